The van der Waals surface area contributed by atoms with Crippen molar-refractivity contribution < 1.29 is 4.79 Å². The third kappa shape index (κ3) is 4.78. The summed E-state index contributed by atoms with van der Waals surface area (Å²) in [5.74, 6) is 0.279. The van der Waals surface area contributed by atoms with Gasteiger partial charge in [0.05, 0.1) is 17.7 Å². The van der Waals surface area contributed by atoms with Gasteiger partial charge in [0.15, 0.2) is 5.78 Å². The molecule has 2 aromatic carbocycles. The minimum Gasteiger partial charge on any atom is -0.303 e. The van der Waals surface area contributed by atoms with E-state index < -0.39 is 0 Å². The van der Waals surface area contributed by atoms with Crippen LogP contribution in [-0.2, 0) is 11.2 Å². The molecule has 0 saturated carbocycles. The molecule has 3 nitrogen and oxygen atoms in total. The quantitative estimate of drug-likeness (QED) is 0.798. The smallest absolute Gasteiger partial charge is 0.157 e. The molecule has 0 fully saturated rings. The van der Waals surface area contributed by atoms with Gasteiger partial charge in [-0.1, -0.05) is 56.3 Å². The van der Waals surface area contributed by atoms with Crippen molar-refractivity contribution in [3.63, 3.8) is 0 Å². The molecule has 2 rings (SSSR count). The van der Waals surface area contributed by atoms with E-state index >= 15 is 0 Å². The molecule has 0 aliphatic carbocycles. The van der Waals surface area contributed by atoms with Gasteiger partial charge in [-0.15, -0.1) is 0 Å². The molecule has 124 valence electrons. The van der Waals surface area contributed by atoms with Crippen LogP contribution in [0.5, 0.6) is 0 Å². The fraction of sp³-hybridized carbons (Fsp3) is 0.333. The zero-order valence-corrected chi connectivity index (χ0v) is 14.3. The molecule has 0 aliphatic heterocycles. The number of hydrogen-bond donors (Lipinski definition) is 1. The van der Waals surface area contributed by atoms with Crippen molar-refractivity contribution in [3.8, 4) is 6.07 Å². The minimum atomic E-state index is -0.264. The lowest BCUT2D eigenvalue weighted by Crippen LogP contribution is -2.33. The van der Waals surface area contributed by atoms with Gasteiger partial charge in [-0.2, -0.15) is 5.26 Å². The highest BCUT2D eigenvalue weighted by molar-refractivity contribution is 5.87. The number of nitrogens with zero attached hydrogens (tertiary/aromatic N) is 1. The summed E-state index contributed by atoms with van der Waals surface area (Å²) in [5.41, 5.74) is 2.84. The molecule has 24 heavy (non-hydrogen) atoms. The molecule has 2 unspecified atom stereocenters. The Morgan fingerprint density at radius 1 is 1.12 bits per heavy atom. The Kier molecular flexibility index (Phi) is 6.72. The van der Waals surface area contributed by atoms with Crippen LogP contribution in [0.2, 0.25) is 0 Å². The van der Waals surface area contributed by atoms with Gasteiger partial charge in [0.2, 0.25) is 0 Å². The molecule has 0 amide bonds. The van der Waals surface area contributed by atoms with Crippen molar-refractivity contribution in [1.29, 1.82) is 5.26 Å². The molecule has 2 aromatic rings. The van der Waals surface area contributed by atoms with Gasteiger partial charge in [0, 0.05) is 12.5 Å². The average Bonchev–Trinajstić information content (AvgIpc) is 2.65. The molecule has 0 bridgehead atoms. The maximum atomic E-state index is 12.7. The zero-order chi connectivity index (χ0) is 17.4. The number of Topliss-reactive ketones (excluding diaryl/α,β-unsaturated/α-hetero) is 1. The average molecular weight is 320 g/mol. The molecule has 0 saturated heterocycles. The molecule has 0 radical (unpaired) electrons. The zero-order valence-electron chi connectivity index (χ0n) is 14.3. The van der Waals surface area contributed by atoms with Crippen molar-refractivity contribution in [2.24, 2.45) is 5.92 Å². The SMILES string of the molecule is CCC(C)C(=O)C(NCCc1ccc(C#N)cc1)c1ccccc1. The summed E-state index contributed by atoms with van der Waals surface area (Å²) in [6, 6.07) is 19.3. The summed E-state index contributed by atoms with van der Waals surface area (Å²) >= 11 is 0. The Balaban J connectivity index is 2.03. The number of hydrogen-bond acceptors (Lipinski definition) is 3. The Morgan fingerprint density at radius 2 is 1.79 bits per heavy atom. The number of nitriles is 1. The monoisotopic (exact) mass is 320 g/mol. The topological polar surface area (TPSA) is 52.9 Å². The maximum absolute atomic E-state index is 12.7. The summed E-state index contributed by atoms with van der Waals surface area (Å²) in [6.07, 6.45) is 1.67. The maximum Gasteiger partial charge on any atom is 0.157 e. The summed E-state index contributed by atoms with van der Waals surface area (Å²) < 4.78 is 0. The number of carbonyl (C=O) groups is 1. The Morgan fingerprint density at radius 3 is 2.38 bits per heavy atom. The molecule has 0 aliphatic rings. The van der Waals surface area contributed by atoms with E-state index in [1.165, 1.54) is 0 Å². The Hall–Kier alpha value is -2.44. The standard InChI is InChI=1S/C21H24N2O/c1-3-16(2)21(24)20(19-7-5-4-6-8-19)23-14-13-17-9-11-18(15-22)12-10-17/h4-12,16,20,23H,3,13-14H2,1-2H3. The van der Waals surface area contributed by atoms with Crippen LogP contribution in [0.1, 0.15) is 43.0 Å². The van der Waals surface area contributed by atoms with Crippen LogP contribution in [0.3, 0.4) is 0 Å². The molecule has 0 heterocycles. The molecule has 2 atom stereocenters. The van der Waals surface area contributed by atoms with Gasteiger partial charge in [-0.3, -0.25) is 4.79 Å². The lowest BCUT2D eigenvalue weighted by molar-refractivity contribution is -0.124. The first kappa shape index (κ1) is 17.9. The summed E-state index contributed by atoms with van der Waals surface area (Å²) in [6.45, 7) is 4.75. The molecule has 3 heteroatoms. The van der Waals surface area contributed by atoms with Crippen LogP contribution in [-0.4, -0.2) is 12.3 Å². The number of carbonyl (C=O) groups excluding carboxylic acids is 1. The highest BCUT2D eigenvalue weighted by Gasteiger charge is 2.23. The summed E-state index contributed by atoms with van der Waals surface area (Å²) in [5, 5.41) is 12.3. The van der Waals surface area contributed by atoms with Crippen LogP contribution in [0.25, 0.3) is 0 Å². The number of rotatable bonds is 8. The molecule has 0 spiro atoms. The van der Waals surface area contributed by atoms with E-state index in [9.17, 15) is 4.79 Å². The van der Waals surface area contributed by atoms with E-state index in [4.69, 9.17) is 5.26 Å². The highest BCUT2D eigenvalue weighted by Crippen LogP contribution is 2.19. The van der Waals surface area contributed by atoms with Crippen molar-refractivity contribution in [3.05, 3.63) is 71.3 Å². The number of nitrogens with one attached hydrogen (secondary N) is 1. The van der Waals surface area contributed by atoms with E-state index in [0.29, 0.717) is 12.1 Å². The van der Waals surface area contributed by atoms with Gasteiger partial charge in [-0.05, 0) is 36.1 Å². The lowest BCUT2D eigenvalue weighted by atomic mass is 9.92. The predicted octanol–water partition coefficient (Wildman–Crippen LogP) is 4.05. The first-order chi connectivity index (χ1) is 11.7. The van der Waals surface area contributed by atoms with Crippen molar-refractivity contribution in [2.75, 3.05) is 6.54 Å². The van der Waals surface area contributed by atoms with Gasteiger partial charge in [0.1, 0.15) is 0 Å². The molecular formula is C21H24N2O. The van der Waals surface area contributed by atoms with E-state index in [-0.39, 0.29) is 17.7 Å². The lowest BCUT2D eigenvalue weighted by Gasteiger charge is -2.21. The Labute approximate surface area is 144 Å². The van der Waals surface area contributed by atoms with Crippen molar-refractivity contribution in [1.82, 2.24) is 5.32 Å². The number of benzene rings is 2. The van der Waals surface area contributed by atoms with Crippen LogP contribution < -0.4 is 5.32 Å². The molecular weight excluding hydrogens is 296 g/mol. The largest absolute Gasteiger partial charge is 0.303 e. The van der Waals surface area contributed by atoms with Crippen LogP contribution in [0, 0.1) is 17.2 Å². The van der Waals surface area contributed by atoms with E-state index in [2.05, 4.69) is 11.4 Å². The van der Waals surface area contributed by atoms with Crippen molar-refractivity contribution >= 4 is 5.78 Å². The Bertz CT molecular complexity index is 686. The third-order valence-electron chi connectivity index (χ3n) is 4.36. The van der Waals surface area contributed by atoms with Crippen molar-refractivity contribution in [2.45, 2.75) is 32.7 Å². The van der Waals surface area contributed by atoms with Gasteiger partial charge in [0.25, 0.3) is 0 Å². The fourth-order valence-electron chi connectivity index (χ4n) is 2.62. The first-order valence-electron chi connectivity index (χ1n) is 8.46. The minimum absolute atomic E-state index is 0.0395. The second kappa shape index (κ2) is 9.00. The summed E-state index contributed by atoms with van der Waals surface area (Å²) in [7, 11) is 0. The summed E-state index contributed by atoms with van der Waals surface area (Å²) in [4.78, 5) is 12.7. The van der Waals surface area contributed by atoms with Gasteiger partial charge < -0.3 is 5.32 Å². The fourth-order valence-corrected chi connectivity index (χ4v) is 2.62. The molecule has 1 N–H and O–H groups in total. The molecule has 0 aromatic heterocycles. The second-order valence-corrected chi connectivity index (χ2v) is 6.07. The third-order valence-corrected chi connectivity index (χ3v) is 4.36. The van der Waals surface area contributed by atoms with Crippen LogP contribution in [0.4, 0.5) is 0 Å². The first-order valence-corrected chi connectivity index (χ1v) is 8.46. The predicted molar refractivity (Wildman–Crippen MR) is 96.5 cm³/mol. The van der Waals surface area contributed by atoms with E-state index in [0.717, 1.165) is 24.0 Å². The second-order valence-electron chi connectivity index (χ2n) is 6.07. The van der Waals surface area contributed by atoms with Crippen LogP contribution in [0.15, 0.2) is 54.6 Å². The van der Waals surface area contributed by atoms with Gasteiger partial charge in [-0.25, -0.2) is 0 Å². The van der Waals surface area contributed by atoms with Crippen LogP contribution >= 0.6 is 0 Å². The normalized spacial score (nSPS) is 13.0. The highest BCUT2D eigenvalue weighted by atomic mass is 16.1. The van der Waals surface area contributed by atoms with Gasteiger partial charge >= 0.3 is 0 Å². The number of ketones is 1. The van der Waals surface area contributed by atoms with E-state index in [1.807, 2.05) is 68.4 Å². The van der Waals surface area contributed by atoms with E-state index in [1.54, 1.807) is 0 Å².